The van der Waals surface area contributed by atoms with Gasteiger partial charge in [-0.1, -0.05) is 6.07 Å². The van der Waals surface area contributed by atoms with Gasteiger partial charge in [-0.15, -0.1) is 0 Å². The molecular formula is C22H20N8. The lowest BCUT2D eigenvalue weighted by Gasteiger charge is -2.06. The Balaban J connectivity index is 1.77. The standard InChI is InChI=1S/C22H20N8/c1-13-5-4-6-19(27-13)22-16(11-26-30-22)17-7-8-18-20(29-17)9-15(10-25-18)14(2)28-21(23)12-24-3/h4-12H,3,23H2,1-2H3,(H,26,30)/b21-12-,28-14?. The average Bonchev–Trinajstić information content (AvgIpc) is 3.23. The molecule has 0 radical (unpaired) electrons. The summed E-state index contributed by atoms with van der Waals surface area (Å²) in [6.07, 6.45) is 4.90. The number of aliphatic imine (C=N–C) groups is 2. The number of aromatic amines is 1. The summed E-state index contributed by atoms with van der Waals surface area (Å²) in [5, 5.41) is 7.24. The van der Waals surface area contributed by atoms with Crippen molar-refractivity contribution in [3.8, 4) is 22.6 Å². The molecule has 0 amide bonds. The maximum absolute atomic E-state index is 5.79. The Kier molecular flexibility index (Phi) is 5.13. The van der Waals surface area contributed by atoms with Crippen LogP contribution in [0.4, 0.5) is 0 Å². The van der Waals surface area contributed by atoms with Crippen LogP contribution in [-0.4, -0.2) is 37.6 Å². The Bertz CT molecular complexity index is 1300. The van der Waals surface area contributed by atoms with E-state index in [9.17, 15) is 0 Å². The highest BCUT2D eigenvalue weighted by molar-refractivity contribution is 6.01. The molecule has 0 aliphatic carbocycles. The predicted octanol–water partition coefficient (Wildman–Crippen LogP) is 3.66. The van der Waals surface area contributed by atoms with Crippen LogP contribution in [0.2, 0.25) is 0 Å². The molecule has 0 saturated carbocycles. The van der Waals surface area contributed by atoms with Crippen molar-refractivity contribution in [1.29, 1.82) is 0 Å². The van der Waals surface area contributed by atoms with E-state index in [1.54, 1.807) is 12.4 Å². The highest BCUT2D eigenvalue weighted by Crippen LogP contribution is 2.29. The fourth-order valence-corrected chi connectivity index (χ4v) is 3.09. The van der Waals surface area contributed by atoms with Crippen LogP contribution in [0.5, 0.6) is 0 Å². The van der Waals surface area contributed by atoms with Gasteiger partial charge in [-0.05, 0) is 50.9 Å². The second-order valence-electron chi connectivity index (χ2n) is 6.72. The maximum Gasteiger partial charge on any atom is 0.142 e. The van der Waals surface area contributed by atoms with Gasteiger partial charge in [0, 0.05) is 28.7 Å². The Morgan fingerprint density at radius 3 is 2.77 bits per heavy atom. The topological polar surface area (TPSA) is 118 Å². The van der Waals surface area contributed by atoms with E-state index in [-0.39, 0.29) is 5.82 Å². The molecule has 0 spiro atoms. The lowest BCUT2D eigenvalue weighted by atomic mass is 10.1. The van der Waals surface area contributed by atoms with Crippen molar-refractivity contribution in [3.63, 3.8) is 0 Å². The zero-order valence-electron chi connectivity index (χ0n) is 16.7. The minimum absolute atomic E-state index is 0.276. The van der Waals surface area contributed by atoms with Crippen LogP contribution in [0.1, 0.15) is 18.2 Å². The number of nitrogens with zero attached hydrogens (tertiary/aromatic N) is 6. The first-order chi connectivity index (χ1) is 14.5. The van der Waals surface area contributed by atoms with E-state index >= 15 is 0 Å². The number of fused-ring (bicyclic) bond motifs is 1. The lowest BCUT2D eigenvalue weighted by molar-refractivity contribution is 1.08. The third-order valence-corrected chi connectivity index (χ3v) is 4.54. The molecular weight excluding hydrogens is 376 g/mol. The number of rotatable bonds is 5. The number of aromatic nitrogens is 5. The van der Waals surface area contributed by atoms with E-state index in [1.165, 1.54) is 6.20 Å². The predicted molar refractivity (Wildman–Crippen MR) is 119 cm³/mol. The molecule has 8 heteroatoms. The second kappa shape index (κ2) is 8.04. The van der Waals surface area contributed by atoms with Crippen molar-refractivity contribution < 1.29 is 0 Å². The minimum atomic E-state index is 0.276. The summed E-state index contributed by atoms with van der Waals surface area (Å²) < 4.78 is 0. The quantitative estimate of drug-likeness (QED) is 0.499. The summed E-state index contributed by atoms with van der Waals surface area (Å²) in [5.41, 5.74) is 13.1. The first-order valence-electron chi connectivity index (χ1n) is 9.27. The van der Waals surface area contributed by atoms with Gasteiger partial charge in [0.15, 0.2) is 0 Å². The van der Waals surface area contributed by atoms with E-state index in [4.69, 9.17) is 10.7 Å². The third-order valence-electron chi connectivity index (χ3n) is 4.54. The van der Waals surface area contributed by atoms with E-state index in [0.717, 1.165) is 44.9 Å². The van der Waals surface area contributed by atoms with Crippen molar-refractivity contribution in [2.45, 2.75) is 13.8 Å². The van der Waals surface area contributed by atoms with Crippen molar-refractivity contribution in [3.05, 3.63) is 72.1 Å². The summed E-state index contributed by atoms with van der Waals surface area (Å²) in [4.78, 5) is 21.8. The summed E-state index contributed by atoms with van der Waals surface area (Å²) in [6, 6.07) is 11.7. The molecule has 0 aromatic carbocycles. The number of hydrogen-bond donors (Lipinski definition) is 2. The smallest absolute Gasteiger partial charge is 0.142 e. The van der Waals surface area contributed by atoms with Crippen LogP contribution in [0.3, 0.4) is 0 Å². The zero-order chi connectivity index (χ0) is 21.1. The van der Waals surface area contributed by atoms with Gasteiger partial charge in [-0.25, -0.2) is 9.98 Å². The van der Waals surface area contributed by atoms with E-state index < -0.39 is 0 Å². The highest BCUT2D eigenvalue weighted by Gasteiger charge is 2.13. The Hall–Kier alpha value is -4.20. The normalized spacial score (nSPS) is 12.3. The van der Waals surface area contributed by atoms with Crippen LogP contribution >= 0.6 is 0 Å². The number of nitrogens with one attached hydrogen (secondary N) is 1. The monoisotopic (exact) mass is 396 g/mol. The molecule has 0 unspecified atom stereocenters. The van der Waals surface area contributed by atoms with Gasteiger partial charge in [0.05, 0.1) is 40.5 Å². The van der Waals surface area contributed by atoms with E-state index in [0.29, 0.717) is 5.71 Å². The first kappa shape index (κ1) is 19.1. The average molecular weight is 396 g/mol. The molecule has 0 fully saturated rings. The van der Waals surface area contributed by atoms with Gasteiger partial charge in [0.25, 0.3) is 0 Å². The fourth-order valence-electron chi connectivity index (χ4n) is 3.09. The second-order valence-corrected chi connectivity index (χ2v) is 6.72. The van der Waals surface area contributed by atoms with Gasteiger partial charge < -0.3 is 5.73 Å². The SMILES string of the molecule is C=N/C=C(/N)N=C(C)c1cnc2ccc(-c3cn[nH]c3-c3cccc(C)n3)nc2c1. The summed E-state index contributed by atoms with van der Waals surface area (Å²) in [6.45, 7) is 7.19. The van der Waals surface area contributed by atoms with Gasteiger partial charge >= 0.3 is 0 Å². The van der Waals surface area contributed by atoms with Gasteiger partial charge in [0.2, 0.25) is 0 Å². The van der Waals surface area contributed by atoms with Crippen molar-refractivity contribution in [1.82, 2.24) is 25.1 Å². The largest absolute Gasteiger partial charge is 0.382 e. The molecule has 0 aliphatic heterocycles. The molecule has 0 saturated heterocycles. The Morgan fingerprint density at radius 2 is 1.97 bits per heavy atom. The van der Waals surface area contributed by atoms with Crippen LogP contribution in [0, 0.1) is 6.92 Å². The molecule has 148 valence electrons. The molecule has 0 bridgehead atoms. The zero-order valence-corrected chi connectivity index (χ0v) is 16.7. The number of nitrogens with two attached hydrogens (primary N) is 1. The highest BCUT2D eigenvalue weighted by atomic mass is 15.1. The summed E-state index contributed by atoms with van der Waals surface area (Å²) in [5.74, 6) is 0.276. The molecule has 0 aliphatic rings. The Labute approximate surface area is 173 Å². The van der Waals surface area contributed by atoms with Crippen LogP contribution < -0.4 is 5.73 Å². The van der Waals surface area contributed by atoms with Crippen LogP contribution in [0.15, 0.2) is 70.8 Å². The molecule has 3 N–H and O–H groups in total. The molecule has 0 atom stereocenters. The number of aryl methyl sites for hydroxylation is 1. The van der Waals surface area contributed by atoms with Gasteiger partial charge in [0.1, 0.15) is 5.82 Å². The van der Waals surface area contributed by atoms with Crippen molar-refractivity contribution >= 4 is 23.5 Å². The van der Waals surface area contributed by atoms with Crippen LogP contribution in [0.25, 0.3) is 33.7 Å². The number of pyridine rings is 3. The molecule has 4 rings (SSSR count). The van der Waals surface area contributed by atoms with Crippen molar-refractivity contribution in [2.24, 2.45) is 15.7 Å². The number of H-pyrrole nitrogens is 1. The third kappa shape index (κ3) is 3.83. The molecule has 4 aromatic rings. The number of hydrogen-bond acceptors (Lipinski definition) is 7. The minimum Gasteiger partial charge on any atom is -0.382 e. The molecule has 4 heterocycles. The van der Waals surface area contributed by atoms with E-state index in [2.05, 4.69) is 36.9 Å². The summed E-state index contributed by atoms with van der Waals surface area (Å²) >= 11 is 0. The van der Waals surface area contributed by atoms with Gasteiger partial charge in [-0.2, -0.15) is 5.10 Å². The Morgan fingerprint density at radius 1 is 1.10 bits per heavy atom. The first-order valence-corrected chi connectivity index (χ1v) is 9.27. The summed E-state index contributed by atoms with van der Waals surface area (Å²) in [7, 11) is 0. The fraction of sp³-hybridized carbons (Fsp3) is 0.0909. The van der Waals surface area contributed by atoms with Gasteiger partial charge in [-0.3, -0.25) is 20.1 Å². The molecule has 4 aromatic heterocycles. The molecule has 30 heavy (non-hydrogen) atoms. The molecule has 8 nitrogen and oxygen atoms in total. The van der Waals surface area contributed by atoms with Crippen molar-refractivity contribution in [2.75, 3.05) is 0 Å². The van der Waals surface area contributed by atoms with E-state index in [1.807, 2.05) is 50.2 Å². The lowest BCUT2D eigenvalue weighted by Crippen LogP contribution is -2.02. The maximum atomic E-state index is 5.79. The van der Waals surface area contributed by atoms with Crippen LogP contribution in [-0.2, 0) is 0 Å².